The number of hydrogen-bond donors (Lipinski definition) is 2. The van der Waals surface area contributed by atoms with Gasteiger partial charge < -0.3 is 20.4 Å². The van der Waals surface area contributed by atoms with E-state index in [4.69, 9.17) is 20.4 Å². The van der Waals surface area contributed by atoms with E-state index in [0.717, 1.165) is 5.75 Å². The van der Waals surface area contributed by atoms with Gasteiger partial charge in [-0.05, 0) is 43.3 Å². The molecule has 0 aliphatic heterocycles. The fourth-order valence-electron chi connectivity index (χ4n) is 1.55. The van der Waals surface area contributed by atoms with E-state index >= 15 is 0 Å². The van der Waals surface area contributed by atoms with E-state index < -0.39 is 0 Å². The molecule has 0 unspecified atom stereocenters. The molecule has 6 heteroatoms. The standard InChI is InChI=1S/C14H15N3O3/c1-2-19-10-3-5-11(6-4-10)20-12-7-8-13(16-9-12)14(15)17-18/h3-9,18H,2H2,1H3,(H2,15,17). The van der Waals surface area contributed by atoms with Crippen molar-refractivity contribution in [1.29, 1.82) is 0 Å². The maximum Gasteiger partial charge on any atom is 0.188 e. The number of nitrogens with two attached hydrogens (primary N) is 1. The van der Waals surface area contributed by atoms with Crippen molar-refractivity contribution in [2.45, 2.75) is 6.92 Å². The molecule has 1 aromatic carbocycles. The third kappa shape index (κ3) is 3.38. The van der Waals surface area contributed by atoms with E-state index in [1.807, 2.05) is 31.2 Å². The number of pyridine rings is 1. The van der Waals surface area contributed by atoms with E-state index in [1.165, 1.54) is 6.20 Å². The second-order valence-corrected chi connectivity index (χ2v) is 3.87. The van der Waals surface area contributed by atoms with Gasteiger partial charge in [0.05, 0.1) is 12.8 Å². The lowest BCUT2D eigenvalue weighted by molar-refractivity contribution is 0.318. The van der Waals surface area contributed by atoms with E-state index in [1.54, 1.807) is 12.1 Å². The minimum Gasteiger partial charge on any atom is -0.494 e. The predicted molar refractivity (Wildman–Crippen MR) is 74.4 cm³/mol. The third-order valence-corrected chi connectivity index (χ3v) is 2.48. The summed E-state index contributed by atoms with van der Waals surface area (Å²) >= 11 is 0. The van der Waals surface area contributed by atoms with Gasteiger partial charge >= 0.3 is 0 Å². The van der Waals surface area contributed by atoms with Crippen molar-refractivity contribution in [3.63, 3.8) is 0 Å². The molecule has 0 aliphatic rings. The Kier molecular flexibility index (Phi) is 4.39. The maximum absolute atomic E-state index is 8.54. The number of oxime groups is 1. The largest absolute Gasteiger partial charge is 0.494 e. The van der Waals surface area contributed by atoms with Crippen molar-refractivity contribution in [2.24, 2.45) is 10.9 Å². The number of rotatable bonds is 5. The molecule has 0 saturated heterocycles. The number of hydrogen-bond acceptors (Lipinski definition) is 5. The van der Waals surface area contributed by atoms with E-state index in [9.17, 15) is 0 Å². The van der Waals surface area contributed by atoms with Gasteiger partial charge in [-0.2, -0.15) is 0 Å². The summed E-state index contributed by atoms with van der Waals surface area (Å²) in [6.45, 7) is 2.55. The highest BCUT2D eigenvalue weighted by atomic mass is 16.5. The van der Waals surface area contributed by atoms with Crippen LogP contribution in [0.2, 0.25) is 0 Å². The van der Waals surface area contributed by atoms with Gasteiger partial charge in [0, 0.05) is 0 Å². The first-order valence-corrected chi connectivity index (χ1v) is 6.07. The Balaban J connectivity index is 2.06. The summed E-state index contributed by atoms with van der Waals surface area (Å²) in [4.78, 5) is 4.03. The van der Waals surface area contributed by atoms with Crippen molar-refractivity contribution in [3.05, 3.63) is 48.3 Å². The van der Waals surface area contributed by atoms with Crippen molar-refractivity contribution in [2.75, 3.05) is 6.61 Å². The van der Waals surface area contributed by atoms with Gasteiger partial charge in [0.25, 0.3) is 0 Å². The van der Waals surface area contributed by atoms with Gasteiger partial charge in [-0.15, -0.1) is 0 Å². The fourth-order valence-corrected chi connectivity index (χ4v) is 1.55. The number of nitrogens with zero attached hydrogens (tertiary/aromatic N) is 2. The molecule has 6 nitrogen and oxygen atoms in total. The first-order chi connectivity index (χ1) is 9.72. The van der Waals surface area contributed by atoms with Crippen LogP contribution in [-0.2, 0) is 0 Å². The quantitative estimate of drug-likeness (QED) is 0.378. The molecule has 0 amide bonds. The molecule has 0 bridgehead atoms. The third-order valence-electron chi connectivity index (χ3n) is 2.48. The Morgan fingerprint density at radius 1 is 1.15 bits per heavy atom. The Morgan fingerprint density at radius 3 is 2.35 bits per heavy atom. The molecule has 0 fully saturated rings. The average Bonchev–Trinajstić information content (AvgIpc) is 2.49. The zero-order valence-corrected chi connectivity index (χ0v) is 11.0. The van der Waals surface area contributed by atoms with Crippen molar-refractivity contribution >= 4 is 5.84 Å². The summed E-state index contributed by atoms with van der Waals surface area (Å²) in [6.07, 6.45) is 1.50. The van der Waals surface area contributed by atoms with Crippen LogP contribution in [0.4, 0.5) is 0 Å². The zero-order valence-electron chi connectivity index (χ0n) is 11.0. The van der Waals surface area contributed by atoms with Crippen LogP contribution in [0.25, 0.3) is 0 Å². The minimum atomic E-state index is -0.0439. The van der Waals surface area contributed by atoms with Gasteiger partial charge in [-0.25, -0.2) is 4.98 Å². The van der Waals surface area contributed by atoms with Crippen LogP contribution in [0.5, 0.6) is 17.2 Å². The maximum atomic E-state index is 8.54. The monoisotopic (exact) mass is 273 g/mol. The minimum absolute atomic E-state index is 0.0439. The molecule has 0 saturated carbocycles. The molecule has 2 rings (SSSR count). The highest BCUT2D eigenvalue weighted by molar-refractivity contribution is 5.95. The van der Waals surface area contributed by atoms with Gasteiger partial charge in [0.15, 0.2) is 5.84 Å². The van der Waals surface area contributed by atoms with E-state index in [0.29, 0.717) is 23.8 Å². The second kappa shape index (κ2) is 6.42. The summed E-state index contributed by atoms with van der Waals surface area (Å²) in [5.41, 5.74) is 5.81. The SMILES string of the molecule is CCOc1ccc(Oc2ccc(/C(N)=N/O)nc2)cc1. The van der Waals surface area contributed by atoms with Crippen LogP contribution in [-0.4, -0.2) is 22.6 Å². The molecule has 0 atom stereocenters. The van der Waals surface area contributed by atoms with Crippen LogP contribution in [0.3, 0.4) is 0 Å². The van der Waals surface area contributed by atoms with Gasteiger partial charge in [0.2, 0.25) is 0 Å². The number of benzene rings is 1. The van der Waals surface area contributed by atoms with Crippen molar-refractivity contribution < 1.29 is 14.7 Å². The lowest BCUT2D eigenvalue weighted by Gasteiger charge is -2.07. The lowest BCUT2D eigenvalue weighted by Crippen LogP contribution is -2.14. The summed E-state index contributed by atoms with van der Waals surface area (Å²) in [5, 5.41) is 11.4. The Bertz CT molecular complexity index is 580. The first-order valence-electron chi connectivity index (χ1n) is 6.07. The van der Waals surface area contributed by atoms with Crippen LogP contribution >= 0.6 is 0 Å². The summed E-state index contributed by atoms with van der Waals surface area (Å²) < 4.78 is 11.0. The number of aromatic nitrogens is 1. The van der Waals surface area contributed by atoms with Crippen LogP contribution < -0.4 is 15.2 Å². The smallest absolute Gasteiger partial charge is 0.188 e. The highest BCUT2D eigenvalue weighted by Crippen LogP contribution is 2.23. The van der Waals surface area contributed by atoms with Gasteiger partial charge in [-0.1, -0.05) is 5.16 Å². The topological polar surface area (TPSA) is 90.0 Å². The van der Waals surface area contributed by atoms with E-state index in [-0.39, 0.29) is 5.84 Å². The van der Waals surface area contributed by atoms with Crippen LogP contribution in [0, 0.1) is 0 Å². The van der Waals surface area contributed by atoms with Crippen molar-refractivity contribution in [3.8, 4) is 17.2 Å². The Labute approximate surface area is 116 Å². The van der Waals surface area contributed by atoms with Crippen LogP contribution in [0.15, 0.2) is 47.8 Å². The molecule has 2 aromatic rings. The molecule has 1 aromatic heterocycles. The van der Waals surface area contributed by atoms with Crippen molar-refractivity contribution in [1.82, 2.24) is 4.98 Å². The van der Waals surface area contributed by atoms with E-state index in [2.05, 4.69) is 10.1 Å². The molecule has 104 valence electrons. The zero-order chi connectivity index (χ0) is 14.4. The summed E-state index contributed by atoms with van der Waals surface area (Å²) in [7, 11) is 0. The Hall–Kier alpha value is -2.76. The number of amidine groups is 1. The van der Waals surface area contributed by atoms with Gasteiger partial charge in [0.1, 0.15) is 22.9 Å². The summed E-state index contributed by atoms with van der Waals surface area (Å²) in [6, 6.07) is 10.6. The van der Waals surface area contributed by atoms with Gasteiger partial charge in [-0.3, -0.25) is 0 Å². The molecule has 3 N–H and O–H groups in total. The molecule has 0 radical (unpaired) electrons. The molecule has 1 heterocycles. The molecule has 0 aliphatic carbocycles. The fraction of sp³-hybridized carbons (Fsp3) is 0.143. The number of ether oxygens (including phenoxy) is 2. The normalized spacial score (nSPS) is 11.2. The molecular weight excluding hydrogens is 258 g/mol. The average molecular weight is 273 g/mol. The predicted octanol–water partition coefficient (Wildman–Crippen LogP) is 2.37. The summed E-state index contributed by atoms with van der Waals surface area (Å²) in [5.74, 6) is 1.98. The molecular formula is C14H15N3O3. The highest BCUT2D eigenvalue weighted by Gasteiger charge is 2.03. The Morgan fingerprint density at radius 2 is 1.80 bits per heavy atom. The molecule has 0 spiro atoms. The first kappa shape index (κ1) is 13.7. The lowest BCUT2D eigenvalue weighted by atomic mass is 10.3. The second-order valence-electron chi connectivity index (χ2n) is 3.87. The molecule has 20 heavy (non-hydrogen) atoms. The van der Waals surface area contributed by atoms with Crippen LogP contribution in [0.1, 0.15) is 12.6 Å².